The van der Waals surface area contributed by atoms with Gasteiger partial charge in [0.15, 0.2) is 5.82 Å². The SMILES string of the molecule is C#Cc1c(F)ccc2cc(O)cc(-c3ccc4c(N5CCC[C@@](C)(O)C5)nc(OCC5(CN6CCN(CC7CCC8(CC7)CCN(C(=O)c7ccc(Cl)c(N9CCC(=O)NC9=O)c7)CC8)CC6)CC5)nc4c3F)c12. The first-order valence-electron chi connectivity index (χ1n) is 26.3. The number of aliphatic hydroxyl groups is 1. The van der Waals surface area contributed by atoms with Crippen LogP contribution in [0.4, 0.5) is 25.1 Å². The third-order valence-corrected chi connectivity index (χ3v) is 17.4. The number of hydrogen-bond donors (Lipinski definition) is 3. The van der Waals surface area contributed by atoms with E-state index in [0.29, 0.717) is 83.4 Å². The number of carbonyl (C=O) groups excluding carboxylic acids is 3. The zero-order chi connectivity index (χ0) is 51.5. The van der Waals surface area contributed by atoms with Crippen molar-refractivity contribution in [2.75, 3.05) is 88.4 Å². The van der Waals surface area contributed by atoms with Crippen molar-refractivity contribution in [1.29, 1.82) is 0 Å². The number of rotatable bonds is 11. The molecule has 6 fully saturated rings. The van der Waals surface area contributed by atoms with Crippen molar-refractivity contribution >= 4 is 62.6 Å². The van der Waals surface area contributed by atoms with Gasteiger partial charge in [0, 0.05) is 106 Å². The number of likely N-dealkylation sites (tertiary alicyclic amines) is 1. The average Bonchev–Trinajstić information content (AvgIpc) is 4.16. The molecule has 11 rings (SSSR count). The summed E-state index contributed by atoms with van der Waals surface area (Å²) in [4.78, 5) is 58.0. The van der Waals surface area contributed by atoms with E-state index in [2.05, 4.69) is 21.0 Å². The number of nitrogens with one attached hydrogen (secondary N) is 1. The molecule has 0 unspecified atom stereocenters. The van der Waals surface area contributed by atoms with Crippen molar-refractivity contribution in [3.8, 4) is 35.2 Å². The number of urea groups is 1. The lowest BCUT2D eigenvalue weighted by Gasteiger charge is -2.47. The minimum atomic E-state index is -0.967. The van der Waals surface area contributed by atoms with E-state index >= 15 is 8.78 Å². The summed E-state index contributed by atoms with van der Waals surface area (Å²) in [5.41, 5.74) is 0.471. The Morgan fingerprint density at radius 3 is 2.36 bits per heavy atom. The number of phenols is 1. The Labute approximate surface area is 435 Å². The molecule has 6 aliphatic rings. The van der Waals surface area contributed by atoms with Crippen LogP contribution in [-0.4, -0.2) is 137 Å². The Balaban J connectivity index is 0.696. The van der Waals surface area contributed by atoms with E-state index in [1.807, 2.05) is 9.80 Å². The van der Waals surface area contributed by atoms with Gasteiger partial charge in [-0.1, -0.05) is 29.7 Å². The van der Waals surface area contributed by atoms with Gasteiger partial charge >= 0.3 is 12.0 Å². The molecule has 0 bridgehead atoms. The van der Waals surface area contributed by atoms with E-state index in [1.165, 1.54) is 54.8 Å². The summed E-state index contributed by atoms with van der Waals surface area (Å²) in [6.45, 7) is 10.6. The molecule has 5 heterocycles. The summed E-state index contributed by atoms with van der Waals surface area (Å²) in [5.74, 6) is 1.73. The number of piperidine rings is 2. The zero-order valence-corrected chi connectivity index (χ0v) is 42.7. The standard InChI is InChI=1S/C57H63ClF2N8O6/c1-3-40-45(59)10-6-37-29-39(69)31-43(48(37)40)41-7-8-42-50(49(41)60)62-53(63-51(42)67-21-4-14-55(2,73)33-67)74-35-57(17-18-57)34-65-27-25-64(26-28-65)32-36-11-15-56(16-12-36)19-23-66(24-20-56)52(71)38-5-9-44(58)46(30-38)68-22-13-47(70)61-54(68)72/h1,5-10,29-31,36,69,73H,4,11-28,32-35H2,2H3,(H,61,70,72)/t55-/m1/s1. The first-order valence-corrected chi connectivity index (χ1v) is 26.6. The lowest BCUT2D eigenvalue weighted by molar-refractivity contribution is -0.120. The predicted molar refractivity (Wildman–Crippen MR) is 281 cm³/mol. The van der Waals surface area contributed by atoms with Crippen LogP contribution < -0.4 is 19.9 Å². The number of ether oxygens (including phenoxy) is 1. The van der Waals surface area contributed by atoms with Crippen molar-refractivity contribution in [3.63, 3.8) is 0 Å². The van der Waals surface area contributed by atoms with E-state index < -0.39 is 23.3 Å². The number of aromatic nitrogens is 2. The van der Waals surface area contributed by atoms with Gasteiger partial charge in [0.05, 0.1) is 28.5 Å². The minimum absolute atomic E-state index is 0.0208. The molecule has 0 radical (unpaired) electrons. The normalized spacial score (nSPS) is 22.6. The number of anilines is 2. The molecule has 1 spiro atoms. The molecule has 1 atom stereocenters. The lowest BCUT2D eigenvalue weighted by atomic mass is 9.65. The van der Waals surface area contributed by atoms with Crippen molar-refractivity contribution < 1.29 is 38.1 Å². The molecular formula is C57H63ClF2N8O6. The van der Waals surface area contributed by atoms with Crippen LogP contribution >= 0.6 is 11.6 Å². The van der Waals surface area contributed by atoms with Crippen molar-refractivity contribution in [1.82, 2.24) is 30.0 Å². The summed E-state index contributed by atoms with van der Waals surface area (Å²) in [5, 5.41) is 25.7. The van der Waals surface area contributed by atoms with E-state index in [-0.39, 0.29) is 69.6 Å². The van der Waals surface area contributed by atoms with Gasteiger partial charge in [-0.05, 0) is 136 Å². The second-order valence-electron chi connectivity index (χ2n) is 22.4. The summed E-state index contributed by atoms with van der Waals surface area (Å²) in [6.07, 6.45) is 16.0. The Kier molecular flexibility index (Phi) is 13.4. The largest absolute Gasteiger partial charge is 0.508 e. The number of nitrogens with zero attached hydrogens (tertiary/aromatic N) is 7. The number of piperazine rings is 1. The molecule has 4 aliphatic heterocycles. The van der Waals surface area contributed by atoms with E-state index in [4.69, 9.17) is 32.7 Å². The van der Waals surface area contributed by atoms with Gasteiger partial charge in [-0.15, -0.1) is 6.42 Å². The predicted octanol–water partition coefficient (Wildman–Crippen LogP) is 8.76. The Hall–Kier alpha value is -6.12. The molecule has 14 nitrogen and oxygen atoms in total. The van der Waals surface area contributed by atoms with Gasteiger partial charge in [0.2, 0.25) is 5.91 Å². The Morgan fingerprint density at radius 2 is 1.65 bits per heavy atom. The maximum atomic E-state index is 17.2. The second kappa shape index (κ2) is 19.9. The number of imide groups is 1. The summed E-state index contributed by atoms with van der Waals surface area (Å²) < 4.78 is 38.7. The Bertz CT molecular complexity index is 3080. The van der Waals surface area contributed by atoms with E-state index in [0.717, 1.165) is 71.4 Å². The van der Waals surface area contributed by atoms with Crippen LogP contribution in [0.2, 0.25) is 5.02 Å². The molecule has 74 heavy (non-hydrogen) atoms. The van der Waals surface area contributed by atoms with Gasteiger partial charge < -0.3 is 34.5 Å². The van der Waals surface area contributed by atoms with E-state index in [1.54, 1.807) is 37.3 Å². The molecule has 388 valence electrons. The van der Waals surface area contributed by atoms with Gasteiger partial charge in [0.1, 0.15) is 22.9 Å². The van der Waals surface area contributed by atoms with Crippen molar-refractivity contribution in [2.45, 2.75) is 83.2 Å². The number of aromatic hydroxyl groups is 1. The maximum absolute atomic E-state index is 17.2. The van der Waals surface area contributed by atoms with Crippen LogP contribution in [0.5, 0.6) is 11.8 Å². The van der Waals surface area contributed by atoms with Crippen LogP contribution in [-0.2, 0) is 4.79 Å². The van der Waals surface area contributed by atoms with Gasteiger partial charge in [-0.25, -0.2) is 13.6 Å². The summed E-state index contributed by atoms with van der Waals surface area (Å²) in [6, 6.07) is 13.5. The average molecular weight is 1030 g/mol. The van der Waals surface area contributed by atoms with Crippen LogP contribution in [0.25, 0.3) is 32.8 Å². The quantitative estimate of drug-likeness (QED) is 0.109. The third kappa shape index (κ3) is 10.1. The number of halogens is 3. The van der Waals surface area contributed by atoms with Gasteiger partial charge in [0.25, 0.3) is 5.91 Å². The van der Waals surface area contributed by atoms with Gasteiger partial charge in [-0.2, -0.15) is 9.97 Å². The lowest BCUT2D eigenvalue weighted by Crippen LogP contribution is -2.50. The third-order valence-electron chi connectivity index (χ3n) is 17.0. The number of β-amino-alcohol motifs (C(OH)–C–C–N with tert-alkyl or cyclic N) is 1. The summed E-state index contributed by atoms with van der Waals surface area (Å²) >= 11 is 6.46. The van der Waals surface area contributed by atoms with E-state index in [9.17, 15) is 24.6 Å². The second-order valence-corrected chi connectivity index (χ2v) is 22.8. The maximum Gasteiger partial charge on any atom is 0.328 e. The first kappa shape index (κ1) is 50.1. The minimum Gasteiger partial charge on any atom is -0.508 e. The Morgan fingerprint density at radius 1 is 0.892 bits per heavy atom. The van der Waals surface area contributed by atoms with Crippen LogP contribution in [0.3, 0.4) is 0 Å². The molecule has 1 aromatic heterocycles. The number of benzene rings is 4. The fourth-order valence-electron chi connectivity index (χ4n) is 12.5. The molecular weight excluding hydrogens is 966 g/mol. The molecule has 17 heteroatoms. The summed E-state index contributed by atoms with van der Waals surface area (Å²) in [7, 11) is 0. The van der Waals surface area contributed by atoms with Crippen LogP contribution in [0, 0.1) is 40.7 Å². The number of phenolic OH excluding ortho intramolecular Hbond substituents is 1. The topological polar surface area (TPSA) is 155 Å². The molecule has 4 amide bonds. The molecule has 2 aliphatic carbocycles. The number of fused-ring (bicyclic) bond motifs is 2. The zero-order valence-electron chi connectivity index (χ0n) is 41.9. The molecule has 5 aromatic rings. The highest BCUT2D eigenvalue weighted by Gasteiger charge is 2.46. The highest BCUT2D eigenvalue weighted by Crippen LogP contribution is 2.49. The van der Waals surface area contributed by atoms with Gasteiger partial charge in [-0.3, -0.25) is 19.8 Å². The molecule has 2 saturated carbocycles. The highest BCUT2D eigenvalue weighted by atomic mass is 35.5. The highest BCUT2D eigenvalue weighted by molar-refractivity contribution is 6.34. The van der Waals surface area contributed by atoms with Crippen molar-refractivity contribution in [2.24, 2.45) is 16.7 Å². The van der Waals surface area contributed by atoms with Crippen LogP contribution in [0.15, 0.2) is 54.6 Å². The number of terminal acetylenes is 1. The number of carbonyl (C=O) groups is 3. The fourth-order valence-corrected chi connectivity index (χ4v) is 12.7. The first-order chi connectivity index (χ1) is 35.6. The smallest absolute Gasteiger partial charge is 0.328 e. The molecule has 3 N–H and O–H groups in total. The number of hydrogen-bond acceptors (Lipinski definition) is 11. The van der Waals surface area contributed by atoms with Crippen LogP contribution in [0.1, 0.15) is 93.5 Å². The van der Waals surface area contributed by atoms with Crippen molar-refractivity contribution in [3.05, 3.63) is 82.4 Å². The monoisotopic (exact) mass is 1030 g/mol. The molecule has 4 aromatic carbocycles. The number of amides is 4. The molecule has 4 saturated heterocycles. The fraction of sp³-hybridized carbons (Fsp3) is 0.491.